The van der Waals surface area contributed by atoms with Crippen molar-refractivity contribution in [2.45, 2.75) is 57.8 Å². The molecule has 0 bridgehead atoms. The minimum absolute atomic E-state index is 0.0857. The molecule has 1 aromatic rings. The van der Waals surface area contributed by atoms with E-state index in [4.69, 9.17) is 4.74 Å². The van der Waals surface area contributed by atoms with Gasteiger partial charge in [0, 0.05) is 56.3 Å². The monoisotopic (exact) mass is 431 g/mol. The van der Waals surface area contributed by atoms with E-state index >= 15 is 0 Å². The Balaban J connectivity index is 1.48. The van der Waals surface area contributed by atoms with Crippen LogP contribution in [0.15, 0.2) is 12.1 Å². The molecule has 8 nitrogen and oxygen atoms in total. The fourth-order valence-corrected chi connectivity index (χ4v) is 5.04. The van der Waals surface area contributed by atoms with E-state index in [0.29, 0.717) is 36.9 Å². The molecule has 3 aliphatic rings. The van der Waals surface area contributed by atoms with E-state index < -0.39 is 0 Å². The average molecular weight is 432 g/mol. The Morgan fingerprint density at radius 2 is 2.13 bits per heavy atom. The molecule has 0 aromatic carbocycles. The van der Waals surface area contributed by atoms with Gasteiger partial charge in [-0.3, -0.25) is 19.6 Å². The minimum atomic E-state index is -0.227. The molecular formula is C23H37N5O3. The standard InChI is InChI=1S/C23H37N5O3/c1-16-10-27(19(9-24-16)11-26-7-8-31-14-17(26)2)12-21(30)28-15-23(3,4)22-20(28)6-5-18(13-29)25-22/h5-6,16-17,19,24,29H,7-15H2,1-4H3/t16?,17-,19-/m1/s1. The highest BCUT2D eigenvalue weighted by Gasteiger charge is 2.41. The molecule has 1 amide bonds. The number of anilines is 1. The summed E-state index contributed by atoms with van der Waals surface area (Å²) in [5.74, 6) is 0.125. The number of carbonyl (C=O) groups excluding carboxylic acids is 1. The van der Waals surface area contributed by atoms with E-state index in [1.807, 2.05) is 17.0 Å². The van der Waals surface area contributed by atoms with Crippen LogP contribution in [0.1, 0.15) is 39.1 Å². The van der Waals surface area contributed by atoms with Gasteiger partial charge in [0.1, 0.15) is 0 Å². The van der Waals surface area contributed by atoms with Crippen molar-refractivity contribution in [1.29, 1.82) is 0 Å². The molecule has 4 heterocycles. The molecule has 2 saturated heterocycles. The van der Waals surface area contributed by atoms with Gasteiger partial charge in [0.05, 0.1) is 43.4 Å². The van der Waals surface area contributed by atoms with Gasteiger partial charge in [-0.05, 0) is 26.0 Å². The van der Waals surface area contributed by atoms with Crippen molar-refractivity contribution in [2.24, 2.45) is 0 Å². The normalized spacial score (nSPS) is 29.2. The SMILES string of the molecule is CC1CN(CC(=O)N2CC(C)(C)c3nc(CO)ccc32)[C@@H](CN2CCOC[C@H]2C)CN1. The number of hydrogen-bond acceptors (Lipinski definition) is 7. The zero-order chi connectivity index (χ0) is 22.2. The smallest absolute Gasteiger partial charge is 0.241 e. The van der Waals surface area contributed by atoms with Crippen molar-refractivity contribution >= 4 is 11.6 Å². The summed E-state index contributed by atoms with van der Waals surface area (Å²) in [7, 11) is 0. The number of aliphatic hydroxyl groups excluding tert-OH is 1. The predicted octanol–water partition coefficient (Wildman–Crippen LogP) is 0.581. The highest BCUT2D eigenvalue weighted by molar-refractivity contribution is 5.97. The average Bonchev–Trinajstić information content (AvgIpc) is 3.02. The van der Waals surface area contributed by atoms with E-state index in [2.05, 4.69) is 47.8 Å². The fourth-order valence-electron chi connectivity index (χ4n) is 5.04. The van der Waals surface area contributed by atoms with Gasteiger partial charge < -0.3 is 20.1 Å². The van der Waals surface area contributed by atoms with Gasteiger partial charge in [0.25, 0.3) is 0 Å². The fraction of sp³-hybridized carbons (Fsp3) is 0.739. The molecule has 0 radical (unpaired) electrons. The van der Waals surface area contributed by atoms with Crippen molar-refractivity contribution in [3.05, 3.63) is 23.5 Å². The van der Waals surface area contributed by atoms with Crippen LogP contribution in [0.5, 0.6) is 0 Å². The Hall–Kier alpha value is -1.58. The third kappa shape index (κ3) is 4.78. The lowest BCUT2D eigenvalue weighted by Gasteiger charge is -2.43. The van der Waals surface area contributed by atoms with Gasteiger partial charge in [-0.15, -0.1) is 0 Å². The molecule has 1 aromatic heterocycles. The summed E-state index contributed by atoms with van der Waals surface area (Å²) in [6.45, 7) is 14.8. The van der Waals surface area contributed by atoms with Crippen LogP contribution in [0.3, 0.4) is 0 Å². The first-order valence-electron chi connectivity index (χ1n) is 11.5. The minimum Gasteiger partial charge on any atom is -0.390 e. The van der Waals surface area contributed by atoms with Crippen LogP contribution in [-0.4, -0.2) is 96.4 Å². The van der Waals surface area contributed by atoms with Crippen molar-refractivity contribution in [2.75, 3.05) is 57.4 Å². The number of morpholine rings is 1. The first kappa shape index (κ1) is 22.6. The van der Waals surface area contributed by atoms with Gasteiger partial charge >= 0.3 is 0 Å². The van der Waals surface area contributed by atoms with E-state index in [1.54, 1.807) is 0 Å². The number of aliphatic hydroxyl groups is 1. The topological polar surface area (TPSA) is 81.2 Å². The number of rotatable bonds is 5. The highest BCUT2D eigenvalue weighted by Crippen LogP contribution is 2.39. The summed E-state index contributed by atoms with van der Waals surface area (Å²) >= 11 is 0. The number of nitrogens with one attached hydrogen (secondary N) is 1. The number of aromatic nitrogens is 1. The van der Waals surface area contributed by atoms with Crippen molar-refractivity contribution in [3.63, 3.8) is 0 Å². The van der Waals surface area contributed by atoms with Crippen molar-refractivity contribution < 1.29 is 14.6 Å². The predicted molar refractivity (Wildman–Crippen MR) is 120 cm³/mol. The van der Waals surface area contributed by atoms with Crippen molar-refractivity contribution in [3.8, 4) is 0 Å². The van der Waals surface area contributed by atoms with Gasteiger partial charge in [0.2, 0.25) is 5.91 Å². The number of fused-ring (bicyclic) bond motifs is 1. The number of amides is 1. The van der Waals surface area contributed by atoms with E-state index in [-0.39, 0.29) is 17.9 Å². The van der Waals surface area contributed by atoms with Gasteiger partial charge in [0.15, 0.2) is 0 Å². The second-order valence-electron chi connectivity index (χ2n) is 10.0. The maximum atomic E-state index is 13.5. The summed E-state index contributed by atoms with van der Waals surface area (Å²) in [6, 6.07) is 4.82. The maximum absolute atomic E-state index is 13.5. The first-order chi connectivity index (χ1) is 14.8. The zero-order valence-electron chi connectivity index (χ0n) is 19.3. The largest absolute Gasteiger partial charge is 0.390 e. The molecule has 2 N–H and O–H groups in total. The van der Waals surface area contributed by atoms with Gasteiger partial charge in [-0.2, -0.15) is 0 Å². The lowest BCUT2D eigenvalue weighted by molar-refractivity contribution is -0.121. The van der Waals surface area contributed by atoms with Crippen LogP contribution in [0.25, 0.3) is 0 Å². The molecule has 172 valence electrons. The molecule has 0 aliphatic carbocycles. The van der Waals surface area contributed by atoms with Crippen LogP contribution in [0.4, 0.5) is 5.69 Å². The molecule has 3 aliphatic heterocycles. The van der Waals surface area contributed by atoms with E-state index in [9.17, 15) is 9.90 Å². The summed E-state index contributed by atoms with van der Waals surface area (Å²) in [6.07, 6.45) is 0. The second-order valence-corrected chi connectivity index (χ2v) is 10.0. The third-order valence-electron chi connectivity index (χ3n) is 6.90. The van der Waals surface area contributed by atoms with Gasteiger partial charge in [-0.1, -0.05) is 13.8 Å². The van der Waals surface area contributed by atoms with Crippen molar-refractivity contribution in [1.82, 2.24) is 20.1 Å². The molecule has 0 saturated carbocycles. The highest BCUT2D eigenvalue weighted by atomic mass is 16.5. The maximum Gasteiger partial charge on any atom is 0.241 e. The van der Waals surface area contributed by atoms with Crippen LogP contribution in [0.2, 0.25) is 0 Å². The van der Waals surface area contributed by atoms with Crippen LogP contribution in [0, 0.1) is 0 Å². The number of ether oxygens (including phenoxy) is 1. The Bertz CT molecular complexity index is 801. The number of pyridine rings is 1. The quantitative estimate of drug-likeness (QED) is 0.706. The summed E-state index contributed by atoms with van der Waals surface area (Å²) in [5.41, 5.74) is 2.21. The Labute approximate surface area is 185 Å². The van der Waals surface area contributed by atoms with E-state index in [0.717, 1.165) is 50.8 Å². The molecule has 2 fully saturated rings. The molecule has 8 heteroatoms. The Kier molecular flexibility index (Phi) is 6.65. The van der Waals surface area contributed by atoms with Gasteiger partial charge in [-0.25, -0.2) is 0 Å². The molecule has 0 spiro atoms. The summed E-state index contributed by atoms with van der Waals surface area (Å²) in [5, 5.41) is 13.1. The number of piperazine rings is 1. The van der Waals surface area contributed by atoms with Crippen LogP contribution < -0.4 is 10.2 Å². The van der Waals surface area contributed by atoms with Crippen LogP contribution in [-0.2, 0) is 21.6 Å². The third-order valence-corrected chi connectivity index (χ3v) is 6.90. The molecule has 4 rings (SSSR count). The van der Waals surface area contributed by atoms with Crippen LogP contribution >= 0.6 is 0 Å². The second kappa shape index (κ2) is 9.11. The number of nitrogens with zero attached hydrogens (tertiary/aromatic N) is 4. The molecule has 31 heavy (non-hydrogen) atoms. The zero-order valence-corrected chi connectivity index (χ0v) is 19.3. The lowest BCUT2D eigenvalue weighted by Crippen LogP contribution is -2.62. The number of hydrogen-bond donors (Lipinski definition) is 2. The molecule has 3 atom stereocenters. The Morgan fingerprint density at radius 3 is 2.87 bits per heavy atom. The molecular weight excluding hydrogens is 394 g/mol. The summed E-state index contributed by atoms with van der Waals surface area (Å²) in [4.78, 5) is 24.8. The first-order valence-corrected chi connectivity index (χ1v) is 11.5. The Morgan fingerprint density at radius 1 is 1.32 bits per heavy atom. The molecule has 1 unspecified atom stereocenters. The lowest BCUT2D eigenvalue weighted by atomic mass is 9.91. The van der Waals surface area contributed by atoms with E-state index in [1.165, 1.54) is 0 Å². The number of carbonyl (C=O) groups is 1. The summed E-state index contributed by atoms with van der Waals surface area (Å²) < 4.78 is 5.59.